The molecule has 8 heteroatoms. The van der Waals surface area contributed by atoms with Gasteiger partial charge in [0.1, 0.15) is 0 Å². The molecule has 6 nitrogen and oxygen atoms in total. The topological polar surface area (TPSA) is 74.8 Å². The molecule has 0 bridgehead atoms. The van der Waals surface area contributed by atoms with Crippen molar-refractivity contribution in [3.05, 3.63) is 67.6 Å². The van der Waals surface area contributed by atoms with Gasteiger partial charge in [-0.15, -0.1) is 0 Å². The van der Waals surface area contributed by atoms with E-state index in [0.717, 1.165) is 32.3 Å². The highest BCUT2D eigenvalue weighted by Crippen LogP contribution is 2.50. The summed E-state index contributed by atoms with van der Waals surface area (Å²) >= 11 is 7.46. The zero-order valence-corrected chi connectivity index (χ0v) is 24.1. The Kier molecular flexibility index (Phi) is 4.75. The molecule has 0 spiro atoms. The van der Waals surface area contributed by atoms with E-state index in [9.17, 15) is 19.2 Å². The van der Waals surface area contributed by atoms with Crippen LogP contribution in [0.4, 0.5) is 0 Å². The lowest BCUT2D eigenvalue weighted by atomic mass is 9.82. The van der Waals surface area contributed by atoms with Crippen molar-refractivity contribution in [1.29, 1.82) is 0 Å². The summed E-state index contributed by atoms with van der Waals surface area (Å²) in [6.07, 6.45) is 0. The number of hydrogen-bond donors (Lipinski definition) is 0. The summed E-state index contributed by atoms with van der Waals surface area (Å²) in [5.74, 6) is -1.25. The van der Waals surface area contributed by atoms with Crippen molar-refractivity contribution in [3.63, 3.8) is 0 Å². The Bertz CT molecular complexity index is 1850. The predicted molar refractivity (Wildman–Crippen MR) is 154 cm³/mol. The minimum atomic E-state index is -0.318. The molecule has 0 atom stereocenters. The van der Waals surface area contributed by atoms with Crippen molar-refractivity contribution in [2.75, 3.05) is 0 Å². The molecule has 4 amide bonds. The Morgan fingerprint density at radius 3 is 1.18 bits per heavy atom. The van der Waals surface area contributed by atoms with Crippen LogP contribution in [0.3, 0.4) is 0 Å². The molecule has 0 N–H and O–H groups in total. The van der Waals surface area contributed by atoms with Crippen molar-refractivity contribution >= 4 is 98.6 Å². The van der Waals surface area contributed by atoms with Crippen LogP contribution in [0.25, 0.3) is 43.1 Å². The first-order chi connectivity index (χ1) is 18.0. The maximum Gasteiger partial charge on any atom is 0.261 e. The second-order valence-electron chi connectivity index (χ2n) is 10.5. The Hall–Kier alpha value is -3.36. The van der Waals surface area contributed by atoms with Crippen molar-refractivity contribution < 1.29 is 19.2 Å². The highest BCUT2D eigenvalue weighted by Gasteiger charge is 2.39. The fourth-order valence-electron chi connectivity index (χ4n) is 6.34. The van der Waals surface area contributed by atoms with Crippen LogP contribution in [0, 0.1) is 0 Å². The highest BCUT2D eigenvalue weighted by molar-refractivity contribution is 9.11. The number of benzene rings is 5. The lowest BCUT2D eigenvalue weighted by Gasteiger charge is -2.33. The molecule has 5 aromatic rings. The molecule has 38 heavy (non-hydrogen) atoms. The zero-order chi connectivity index (χ0) is 26.9. The summed E-state index contributed by atoms with van der Waals surface area (Å²) in [6.45, 7) is 7.31. The third kappa shape index (κ3) is 2.67. The molecular weight excluding hydrogens is 612 g/mol. The van der Waals surface area contributed by atoms with Gasteiger partial charge in [-0.25, -0.2) is 0 Å². The fraction of sp³-hybridized carbons (Fsp3) is 0.200. The number of amides is 4. The van der Waals surface area contributed by atoms with Crippen molar-refractivity contribution in [2.45, 2.75) is 39.8 Å². The third-order valence-electron chi connectivity index (χ3n) is 7.84. The summed E-state index contributed by atoms with van der Waals surface area (Å²) < 4.78 is 1.43. The van der Waals surface area contributed by atoms with Crippen LogP contribution in [0.5, 0.6) is 0 Å². The second kappa shape index (κ2) is 7.61. The number of nitrogens with zero attached hydrogens (tertiary/aromatic N) is 2. The Balaban J connectivity index is 1.72. The van der Waals surface area contributed by atoms with E-state index >= 15 is 0 Å². The van der Waals surface area contributed by atoms with Crippen LogP contribution in [-0.4, -0.2) is 45.5 Å². The normalized spacial score (nSPS) is 15.7. The van der Waals surface area contributed by atoms with Gasteiger partial charge in [0.2, 0.25) is 0 Å². The maximum absolute atomic E-state index is 13.5. The lowest BCUT2D eigenvalue weighted by molar-refractivity contribution is 0.0547. The van der Waals surface area contributed by atoms with Crippen molar-refractivity contribution in [2.24, 2.45) is 0 Å². The number of carbonyl (C=O) groups is 4. The van der Waals surface area contributed by atoms with Crippen LogP contribution in [0.1, 0.15) is 69.1 Å². The maximum atomic E-state index is 13.5. The predicted octanol–water partition coefficient (Wildman–Crippen LogP) is 7.27. The smallest absolute Gasteiger partial charge is 0.261 e. The molecule has 0 aliphatic carbocycles. The summed E-state index contributed by atoms with van der Waals surface area (Å²) in [5, 5.41) is 6.26. The van der Waals surface area contributed by atoms with Gasteiger partial charge in [0.05, 0.1) is 0 Å². The lowest BCUT2D eigenvalue weighted by Crippen LogP contribution is -2.44. The minimum absolute atomic E-state index is 0.282. The monoisotopic (exact) mass is 630 g/mol. The summed E-state index contributed by atoms with van der Waals surface area (Å²) in [6, 6.07) is 10.4. The number of carbonyl (C=O) groups excluding carboxylic acids is 4. The zero-order valence-electron chi connectivity index (χ0n) is 20.9. The van der Waals surface area contributed by atoms with Crippen LogP contribution in [0.15, 0.2) is 45.3 Å². The highest BCUT2D eigenvalue weighted by atomic mass is 79.9. The van der Waals surface area contributed by atoms with E-state index in [1.165, 1.54) is 9.80 Å². The van der Waals surface area contributed by atoms with Crippen LogP contribution in [-0.2, 0) is 0 Å². The molecule has 5 aromatic carbocycles. The van der Waals surface area contributed by atoms with E-state index < -0.39 is 0 Å². The average molecular weight is 632 g/mol. The largest absolute Gasteiger partial charge is 0.272 e. The summed E-state index contributed by atoms with van der Waals surface area (Å²) in [4.78, 5) is 56.6. The second-order valence-corrected chi connectivity index (χ2v) is 12.2. The molecule has 2 aliphatic rings. The van der Waals surface area contributed by atoms with E-state index in [-0.39, 0.29) is 35.7 Å². The van der Waals surface area contributed by atoms with E-state index in [1.54, 1.807) is 24.3 Å². The third-order valence-corrected chi connectivity index (χ3v) is 9.09. The average Bonchev–Trinajstić information content (AvgIpc) is 2.85. The van der Waals surface area contributed by atoms with Crippen molar-refractivity contribution in [3.8, 4) is 0 Å². The van der Waals surface area contributed by atoms with E-state index in [2.05, 4.69) is 31.9 Å². The van der Waals surface area contributed by atoms with Gasteiger partial charge in [0, 0.05) is 75.6 Å². The van der Waals surface area contributed by atoms with Gasteiger partial charge in [-0.1, -0.05) is 44.0 Å². The molecule has 188 valence electrons. The molecule has 0 saturated carbocycles. The van der Waals surface area contributed by atoms with Crippen LogP contribution >= 0.6 is 31.9 Å². The number of halogens is 2. The molecule has 0 fully saturated rings. The Morgan fingerprint density at radius 1 is 0.500 bits per heavy atom. The van der Waals surface area contributed by atoms with Gasteiger partial charge >= 0.3 is 0 Å². The van der Waals surface area contributed by atoms with Gasteiger partial charge in [-0.05, 0) is 62.7 Å². The fourth-order valence-corrected chi connectivity index (χ4v) is 7.63. The van der Waals surface area contributed by atoms with Gasteiger partial charge in [-0.2, -0.15) is 0 Å². The van der Waals surface area contributed by atoms with Crippen molar-refractivity contribution in [1.82, 2.24) is 9.80 Å². The first kappa shape index (κ1) is 23.7. The van der Waals surface area contributed by atoms with E-state index in [4.69, 9.17) is 0 Å². The molecule has 2 aliphatic heterocycles. The number of rotatable bonds is 2. The minimum Gasteiger partial charge on any atom is -0.272 e. The van der Waals surface area contributed by atoms with Crippen LogP contribution in [0.2, 0.25) is 0 Å². The first-order valence-electron chi connectivity index (χ1n) is 12.4. The summed E-state index contributed by atoms with van der Waals surface area (Å²) in [7, 11) is 0. The molecule has 0 radical (unpaired) electrons. The standard InChI is InChI=1S/C30H20Br2N2O4/c1-11(2)33-27(35)15-7-5-13-24-20(32)10-18-22-16(28(36)34(12(3)4)30(18)38)8-6-14(26(22)24)23-19(31)9-17(29(33)37)21(15)25(13)23/h5-12H,1-4H3. The van der Waals surface area contributed by atoms with Gasteiger partial charge in [0.15, 0.2) is 0 Å². The van der Waals surface area contributed by atoms with Gasteiger partial charge in [0.25, 0.3) is 23.6 Å². The Morgan fingerprint density at radius 2 is 0.842 bits per heavy atom. The SMILES string of the molecule is CC(C)N1C(=O)c2ccc3c4c(Br)cc5c6c(ccc(c7c(Br)cc(c2c37)C1=O)c64)C(=O)N(C(C)C)C5=O. The number of imide groups is 2. The number of fused-ring (bicyclic) bond motifs is 2. The van der Waals surface area contributed by atoms with Gasteiger partial charge < -0.3 is 0 Å². The Labute approximate surface area is 234 Å². The van der Waals surface area contributed by atoms with E-state index in [1.807, 2.05) is 39.8 Å². The molecule has 0 aromatic heterocycles. The molecule has 7 rings (SSSR count). The molecular formula is C30H20Br2N2O4. The first-order valence-corrected chi connectivity index (χ1v) is 14.0. The van der Waals surface area contributed by atoms with E-state index in [0.29, 0.717) is 42.0 Å². The van der Waals surface area contributed by atoms with Gasteiger partial charge in [-0.3, -0.25) is 29.0 Å². The van der Waals surface area contributed by atoms with Crippen LogP contribution < -0.4 is 0 Å². The number of hydrogen-bond acceptors (Lipinski definition) is 4. The quantitative estimate of drug-likeness (QED) is 0.117. The molecule has 2 heterocycles. The summed E-state index contributed by atoms with van der Waals surface area (Å²) in [5.41, 5.74) is 1.93. The molecule has 0 unspecified atom stereocenters. The molecule has 0 saturated heterocycles.